The highest BCUT2D eigenvalue weighted by Gasteiger charge is 2.22. The summed E-state index contributed by atoms with van der Waals surface area (Å²) in [5, 5.41) is 7.58. The number of para-hydroxylation sites is 1. The second kappa shape index (κ2) is 11.5. The first kappa shape index (κ1) is 27.0. The Labute approximate surface area is 223 Å². The van der Waals surface area contributed by atoms with E-state index in [1.165, 1.54) is 11.8 Å². The van der Waals surface area contributed by atoms with Crippen LogP contribution in [0.15, 0.2) is 42.6 Å². The van der Waals surface area contributed by atoms with Gasteiger partial charge in [0.25, 0.3) is 0 Å². The maximum atomic E-state index is 12.8. The van der Waals surface area contributed by atoms with Crippen molar-refractivity contribution in [1.29, 1.82) is 0 Å². The van der Waals surface area contributed by atoms with Crippen molar-refractivity contribution >= 4 is 58.7 Å². The van der Waals surface area contributed by atoms with Crippen LogP contribution >= 0.6 is 18.7 Å². The minimum absolute atomic E-state index is 0.311. The van der Waals surface area contributed by atoms with Gasteiger partial charge < -0.3 is 24.8 Å². The quantitative estimate of drug-likeness (QED) is 0.319. The summed E-state index contributed by atoms with van der Waals surface area (Å²) in [5.74, 6) is 1.72. The number of nitrogens with one attached hydrogen (secondary N) is 2. The van der Waals surface area contributed by atoms with Gasteiger partial charge in [0.05, 0.1) is 24.7 Å². The molecular weight excluding hydrogens is 509 g/mol. The van der Waals surface area contributed by atoms with Crippen molar-refractivity contribution in [3.05, 3.63) is 53.2 Å². The Morgan fingerprint density at radius 3 is 2.51 bits per heavy atom. The van der Waals surface area contributed by atoms with Gasteiger partial charge >= 0.3 is 0 Å². The van der Waals surface area contributed by atoms with Crippen LogP contribution in [0.25, 0.3) is 0 Å². The van der Waals surface area contributed by atoms with E-state index in [-0.39, 0.29) is 0 Å². The number of ether oxygens (including phenoxy) is 1. The van der Waals surface area contributed by atoms with Crippen LogP contribution in [0.1, 0.15) is 31.7 Å². The molecule has 0 aliphatic carbocycles. The van der Waals surface area contributed by atoms with Crippen LogP contribution in [0.3, 0.4) is 0 Å². The van der Waals surface area contributed by atoms with Crippen molar-refractivity contribution in [3.8, 4) is 5.75 Å². The molecule has 196 valence electrons. The van der Waals surface area contributed by atoms with Crippen LogP contribution in [0.4, 0.5) is 28.8 Å². The molecule has 0 saturated carbocycles. The second-order valence-corrected chi connectivity index (χ2v) is 13.1. The minimum Gasteiger partial charge on any atom is -0.494 e. The molecule has 8 nitrogen and oxygen atoms in total. The summed E-state index contributed by atoms with van der Waals surface area (Å²) in [6, 6.07) is 11.5. The number of hydrogen-bond donors (Lipinski definition) is 2. The Bertz CT molecular complexity index is 1330. The summed E-state index contributed by atoms with van der Waals surface area (Å²) in [6.07, 6.45) is 4.53. The maximum Gasteiger partial charge on any atom is 0.229 e. The average Bonchev–Trinajstić information content (AvgIpc) is 2.87. The van der Waals surface area contributed by atoms with Crippen LogP contribution in [0, 0.1) is 0 Å². The first-order valence-electron chi connectivity index (χ1n) is 12.4. The number of hydrogen-bond acceptors (Lipinski definition) is 8. The third kappa shape index (κ3) is 6.43. The number of halogens is 1. The highest BCUT2D eigenvalue weighted by atomic mass is 35.5. The zero-order valence-corrected chi connectivity index (χ0v) is 23.3. The highest BCUT2D eigenvalue weighted by Crippen LogP contribution is 2.39. The third-order valence-corrected chi connectivity index (χ3v) is 8.14. The van der Waals surface area contributed by atoms with Gasteiger partial charge in [-0.05, 0) is 43.5 Å². The van der Waals surface area contributed by atoms with E-state index >= 15 is 0 Å². The Balaban J connectivity index is 1.65. The first-order valence-corrected chi connectivity index (χ1v) is 15.4. The lowest BCUT2D eigenvalue weighted by molar-refractivity contribution is -0.119. The van der Waals surface area contributed by atoms with Gasteiger partial charge in [0, 0.05) is 43.0 Å². The number of piperidine rings is 1. The molecule has 37 heavy (non-hydrogen) atoms. The number of ketones is 1. The summed E-state index contributed by atoms with van der Waals surface area (Å²) in [5.41, 5.74) is 3.69. The predicted octanol–water partition coefficient (Wildman–Crippen LogP) is 6.00. The van der Waals surface area contributed by atoms with Crippen LogP contribution in [0.2, 0.25) is 5.02 Å². The summed E-state index contributed by atoms with van der Waals surface area (Å²) >= 11 is 6.42. The van der Waals surface area contributed by atoms with E-state index in [0.29, 0.717) is 59.9 Å². The van der Waals surface area contributed by atoms with E-state index < -0.39 is 7.14 Å². The number of Topliss-reactive ketones (excluding diaryl/α,β-unsaturated/α-hetero) is 1. The molecule has 1 saturated heterocycles. The van der Waals surface area contributed by atoms with Crippen LogP contribution < -0.4 is 25.6 Å². The lowest BCUT2D eigenvalue weighted by Gasteiger charge is -2.31. The first-order chi connectivity index (χ1) is 17.7. The molecule has 0 bridgehead atoms. The standard InChI is InChI=1S/C27H33ClN5O3P/c1-5-8-18-15-22(24(36-2)16-23(18)33-13-11-19(34)12-14-33)31-27-29-17-20(28)26(32-27)30-21-9-6-7-10-25(21)37(3,4)35/h6-7,9-10,15-17H,5,8,11-14H2,1-4H3,(H2,29,30,31,32). The van der Waals surface area contributed by atoms with Crippen molar-refractivity contribution in [2.24, 2.45) is 0 Å². The number of methoxy groups -OCH3 is 1. The van der Waals surface area contributed by atoms with E-state index in [1.54, 1.807) is 20.4 Å². The van der Waals surface area contributed by atoms with Gasteiger partial charge in [-0.1, -0.05) is 37.1 Å². The van der Waals surface area contributed by atoms with Crippen molar-refractivity contribution in [1.82, 2.24) is 9.97 Å². The molecule has 2 aromatic carbocycles. The number of carbonyl (C=O) groups excluding carboxylic acids is 1. The maximum absolute atomic E-state index is 12.8. The summed E-state index contributed by atoms with van der Waals surface area (Å²) in [4.78, 5) is 23.0. The van der Waals surface area contributed by atoms with E-state index in [2.05, 4.69) is 38.5 Å². The number of rotatable bonds is 9. The van der Waals surface area contributed by atoms with Crippen molar-refractivity contribution in [3.63, 3.8) is 0 Å². The van der Waals surface area contributed by atoms with Gasteiger partial charge in [-0.25, -0.2) is 4.98 Å². The van der Waals surface area contributed by atoms with Crippen molar-refractivity contribution < 1.29 is 14.1 Å². The summed E-state index contributed by atoms with van der Waals surface area (Å²) in [6.45, 7) is 7.03. The molecule has 2 N–H and O–H groups in total. The molecule has 1 aliphatic heterocycles. The smallest absolute Gasteiger partial charge is 0.229 e. The molecule has 1 aliphatic rings. The Kier molecular flexibility index (Phi) is 8.40. The van der Waals surface area contributed by atoms with Gasteiger partial charge in [-0.2, -0.15) is 4.98 Å². The Morgan fingerprint density at radius 1 is 1.11 bits per heavy atom. The van der Waals surface area contributed by atoms with Gasteiger partial charge in [0.2, 0.25) is 5.95 Å². The predicted molar refractivity (Wildman–Crippen MR) is 153 cm³/mol. The fourth-order valence-corrected chi connectivity index (χ4v) is 5.75. The molecule has 0 amide bonds. The van der Waals surface area contributed by atoms with Crippen molar-refractivity contribution in [2.75, 3.05) is 49.1 Å². The summed E-state index contributed by atoms with van der Waals surface area (Å²) < 4.78 is 18.5. The van der Waals surface area contributed by atoms with Crippen LogP contribution in [0.5, 0.6) is 5.75 Å². The number of aryl methyl sites for hydroxylation is 1. The largest absolute Gasteiger partial charge is 0.494 e. The fourth-order valence-electron chi connectivity index (χ4n) is 4.45. The number of aromatic nitrogens is 2. The SMILES string of the molecule is CCCc1cc(Nc2ncc(Cl)c(Nc3ccccc3P(C)(C)=O)n2)c(OC)cc1N1CCC(=O)CC1. The topological polar surface area (TPSA) is 96.4 Å². The molecule has 0 spiro atoms. The Morgan fingerprint density at radius 2 is 1.84 bits per heavy atom. The number of anilines is 5. The monoisotopic (exact) mass is 541 g/mol. The van der Waals surface area contributed by atoms with Crippen molar-refractivity contribution in [2.45, 2.75) is 32.6 Å². The molecule has 1 aromatic heterocycles. The molecule has 4 rings (SSSR count). The van der Waals surface area contributed by atoms with E-state index in [0.717, 1.165) is 29.5 Å². The van der Waals surface area contributed by atoms with Crippen LogP contribution in [-0.2, 0) is 15.8 Å². The van der Waals surface area contributed by atoms with E-state index in [4.69, 9.17) is 16.3 Å². The lowest BCUT2D eigenvalue weighted by atomic mass is 10.0. The van der Waals surface area contributed by atoms with Gasteiger partial charge in [-0.15, -0.1) is 0 Å². The number of nitrogens with zero attached hydrogens (tertiary/aromatic N) is 3. The molecule has 0 radical (unpaired) electrons. The van der Waals surface area contributed by atoms with Crippen LogP contribution in [-0.4, -0.2) is 49.3 Å². The lowest BCUT2D eigenvalue weighted by Crippen LogP contribution is -2.34. The van der Waals surface area contributed by atoms with Gasteiger partial charge in [0.15, 0.2) is 5.82 Å². The highest BCUT2D eigenvalue weighted by molar-refractivity contribution is 7.70. The van der Waals surface area contributed by atoms with E-state index in [1.807, 2.05) is 30.3 Å². The Hall–Kier alpha value is -3.09. The third-order valence-electron chi connectivity index (χ3n) is 6.31. The van der Waals surface area contributed by atoms with E-state index in [9.17, 15) is 9.36 Å². The fraction of sp³-hybridized carbons (Fsp3) is 0.370. The molecule has 2 heterocycles. The average molecular weight is 542 g/mol. The zero-order chi connectivity index (χ0) is 26.6. The summed E-state index contributed by atoms with van der Waals surface area (Å²) in [7, 11) is -0.892. The molecule has 0 atom stereocenters. The number of carbonyl (C=O) groups is 1. The minimum atomic E-state index is -2.52. The molecule has 10 heteroatoms. The zero-order valence-electron chi connectivity index (χ0n) is 21.7. The van der Waals surface area contributed by atoms with Gasteiger partial charge in [-0.3, -0.25) is 4.79 Å². The normalized spacial score (nSPS) is 14.0. The van der Waals surface area contributed by atoms with Gasteiger partial charge in [0.1, 0.15) is 23.7 Å². The number of benzene rings is 2. The second-order valence-electron chi connectivity index (χ2n) is 9.47. The molecule has 3 aromatic rings. The molecular formula is C27H33ClN5O3P. The molecule has 0 unspecified atom stereocenters. The molecule has 1 fully saturated rings.